The molecule has 0 fully saturated rings. The Balaban J connectivity index is 2.30. The number of ether oxygens (including phenoxy) is 1. The summed E-state index contributed by atoms with van der Waals surface area (Å²) in [7, 11) is 0. The van der Waals surface area contributed by atoms with Crippen molar-refractivity contribution in [3.05, 3.63) is 23.8 Å². The molecule has 0 aliphatic carbocycles. The molecule has 0 saturated heterocycles. The van der Waals surface area contributed by atoms with Crippen LogP contribution < -0.4 is 11.1 Å². The van der Waals surface area contributed by atoms with Crippen LogP contribution in [0.15, 0.2) is 18.2 Å². The van der Waals surface area contributed by atoms with Crippen LogP contribution in [0, 0.1) is 17.2 Å². The number of hydrogen-bond donors (Lipinski definition) is 2. The minimum Gasteiger partial charge on any atom is -0.398 e. The number of nitrogens with two attached hydrogens (primary N) is 1. The minimum absolute atomic E-state index is 0.340. The number of nitrogens with one attached hydrogen (secondary N) is 1. The van der Waals surface area contributed by atoms with Gasteiger partial charge in [0.1, 0.15) is 0 Å². The summed E-state index contributed by atoms with van der Waals surface area (Å²) in [6.07, 6.45) is 1.43. The van der Waals surface area contributed by atoms with Crippen molar-refractivity contribution in [1.82, 2.24) is 0 Å². The molecule has 0 spiro atoms. The molecule has 0 aromatic heterocycles. The Hall–Kier alpha value is -1.73. The molecule has 104 valence electrons. The lowest BCUT2D eigenvalue weighted by molar-refractivity contribution is 0.132. The molecular formula is C15H23N3O. The highest BCUT2D eigenvalue weighted by atomic mass is 16.5. The van der Waals surface area contributed by atoms with Gasteiger partial charge in [0.2, 0.25) is 0 Å². The summed E-state index contributed by atoms with van der Waals surface area (Å²) in [5.41, 5.74) is 8.31. The molecule has 1 aromatic rings. The van der Waals surface area contributed by atoms with Gasteiger partial charge in [-0.3, -0.25) is 0 Å². The van der Waals surface area contributed by atoms with E-state index in [1.54, 1.807) is 0 Å². The topological polar surface area (TPSA) is 71.1 Å². The van der Waals surface area contributed by atoms with Crippen molar-refractivity contribution in [3.63, 3.8) is 0 Å². The van der Waals surface area contributed by atoms with Crippen LogP contribution in [0.1, 0.15) is 25.8 Å². The van der Waals surface area contributed by atoms with E-state index in [1.807, 2.05) is 18.2 Å². The van der Waals surface area contributed by atoms with Crippen LogP contribution in [-0.4, -0.2) is 19.8 Å². The number of hydrogen-bond acceptors (Lipinski definition) is 4. The largest absolute Gasteiger partial charge is 0.398 e. The summed E-state index contributed by atoms with van der Waals surface area (Å²) < 4.78 is 5.53. The molecular weight excluding hydrogens is 238 g/mol. The quantitative estimate of drug-likeness (QED) is 0.557. The molecule has 0 bridgehead atoms. The average molecular weight is 261 g/mol. The summed E-state index contributed by atoms with van der Waals surface area (Å²) >= 11 is 0. The Bertz CT molecular complexity index is 424. The molecule has 0 aliphatic heterocycles. The summed E-state index contributed by atoms with van der Waals surface area (Å²) in [6, 6.07) is 7.79. The zero-order chi connectivity index (χ0) is 14.1. The molecule has 0 saturated carbocycles. The maximum absolute atomic E-state index is 8.71. The van der Waals surface area contributed by atoms with Crippen LogP contribution in [0.5, 0.6) is 0 Å². The van der Waals surface area contributed by atoms with E-state index >= 15 is 0 Å². The zero-order valence-corrected chi connectivity index (χ0v) is 11.8. The first-order valence-corrected chi connectivity index (χ1v) is 6.70. The van der Waals surface area contributed by atoms with Crippen LogP contribution >= 0.6 is 0 Å². The second-order valence-corrected chi connectivity index (χ2v) is 4.97. The molecule has 0 atom stereocenters. The summed E-state index contributed by atoms with van der Waals surface area (Å²) in [6.45, 7) is 6.62. The van der Waals surface area contributed by atoms with E-state index in [-0.39, 0.29) is 0 Å². The van der Waals surface area contributed by atoms with E-state index in [0.717, 1.165) is 30.8 Å². The number of anilines is 2. The van der Waals surface area contributed by atoms with Crippen molar-refractivity contribution in [2.75, 3.05) is 30.8 Å². The Labute approximate surface area is 115 Å². The number of nitriles is 1. The van der Waals surface area contributed by atoms with Gasteiger partial charge in [-0.25, -0.2) is 0 Å². The predicted molar refractivity (Wildman–Crippen MR) is 78.9 cm³/mol. The van der Waals surface area contributed by atoms with E-state index in [1.165, 1.54) is 0 Å². The maximum Gasteiger partial charge on any atom is 0.0670 e. The summed E-state index contributed by atoms with van der Waals surface area (Å²) in [5, 5.41) is 12.0. The van der Waals surface area contributed by atoms with Gasteiger partial charge in [-0.2, -0.15) is 5.26 Å². The number of nitrogen functional groups attached to an aromatic ring is 1. The summed E-state index contributed by atoms with van der Waals surface area (Å²) in [5.74, 6) is 0.679. The third-order valence-electron chi connectivity index (χ3n) is 2.83. The Morgan fingerprint density at radius 1 is 1.37 bits per heavy atom. The van der Waals surface area contributed by atoms with Crippen molar-refractivity contribution < 1.29 is 4.74 Å². The minimum atomic E-state index is 0.340. The van der Waals surface area contributed by atoms with E-state index < -0.39 is 0 Å². The van der Waals surface area contributed by atoms with Crippen LogP contribution in [0.25, 0.3) is 0 Å². The summed E-state index contributed by atoms with van der Waals surface area (Å²) in [4.78, 5) is 0. The van der Waals surface area contributed by atoms with Crippen LogP contribution in [0.3, 0.4) is 0 Å². The monoisotopic (exact) mass is 261 g/mol. The fraction of sp³-hybridized carbons (Fsp3) is 0.533. The van der Waals surface area contributed by atoms with Crippen molar-refractivity contribution >= 4 is 11.4 Å². The maximum atomic E-state index is 8.71. The first kappa shape index (κ1) is 15.3. The van der Waals surface area contributed by atoms with E-state index in [4.69, 9.17) is 15.7 Å². The lowest BCUT2D eigenvalue weighted by atomic mass is 10.1. The van der Waals surface area contributed by atoms with Gasteiger partial charge in [0, 0.05) is 24.5 Å². The predicted octanol–water partition coefficient (Wildman–Crippen LogP) is 2.81. The third kappa shape index (κ3) is 6.12. The second kappa shape index (κ2) is 8.39. The highest BCUT2D eigenvalue weighted by molar-refractivity contribution is 5.57. The normalized spacial score (nSPS) is 10.4. The fourth-order valence-electron chi connectivity index (χ4n) is 1.64. The van der Waals surface area contributed by atoms with Crippen molar-refractivity contribution in [2.24, 2.45) is 5.92 Å². The zero-order valence-electron chi connectivity index (χ0n) is 11.8. The van der Waals surface area contributed by atoms with E-state index in [0.29, 0.717) is 24.6 Å². The second-order valence-electron chi connectivity index (χ2n) is 4.97. The lowest BCUT2D eigenvalue weighted by Crippen LogP contribution is -2.11. The molecule has 4 nitrogen and oxygen atoms in total. The first-order chi connectivity index (χ1) is 9.13. The molecule has 0 unspecified atom stereocenters. The highest BCUT2D eigenvalue weighted by Gasteiger charge is 2.00. The highest BCUT2D eigenvalue weighted by Crippen LogP contribution is 2.18. The fourth-order valence-corrected chi connectivity index (χ4v) is 1.64. The van der Waals surface area contributed by atoms with Gasteiger partial charge in [0.25, 0.3) is 0 Å². The third-order valence-corrected chi connectivity index (χ3v) is 2.83. The van der Waals surface area contributed by atoms with Gasteiger partial charge in [0.05, 0.1) is 19.1 Å². The Kier molecular flexibility index (Phi) is 6.76. The van der Waals surface area contributed by atoms with Crippen LogP contribution in [0.4, 0.5) is 11.4 Å². The average Bonchev–Trinajstić information content (AvgIpc) is 2.37. The molecule has 19 heavy (non-hydrogen) atoms. The lowest BCUT2D eigenvalue weighted by Gasteiger charge is -2.10. The Morgan fingerprint density at radius 2 is 2.16 bits per heavy atom. The van der Waals surface area contributed by atoms with Crippen LogP contribution in [-0.2, 0) is 11.2 Å². The number of nitrogens with zero attached hydrogens (tertiary/aromatic N) is 1. The smallest absolute Gasteiger partial charge is 0.0670 e. The van der Waals surface area contributed by atoms with Gasteiger partial charge in [-0.1, -0.05) is 13.8 Å². The number of benzene rings is 1. The molecule has 1 rings (SSSR count). The van der Waals surface area contributed by atoms with Crippen LogP contribution in [0.2, 0.25) is 0 Å². The molecule has 0 heterocycles. The van der Waals surface area contributed by atoms with E-state index in [9.17, 15) is 0 Å². The van der Waals surface area contributed by atoms with Gasteiger partial charge in [-0.05, 0) is 36.1 Å². The molecule has 0 radical (unpaired) electrons. The molecule has 0 aliphatic rings. The molecule has 4 heteroatoms. The van der Waals surface area contributed by atoms with Crippen molar-refractivity contribution in [3.8, 4) is 6.07 Å². The standard InChI is InChI=1S/C15H23N3O/c1-12(2)6-9-19-10-8-18-14-3-4-15(17)13(11-14)5-7-16/h3-4,11-12,18H,5-6,8-10,17H2,1-2H3. The van der Waals surface area contributed by atoms with Gasteiger partial charge in [0.15, 0.2) is 0 Å². The van der Waals surface area contributed by atoms with E-state index in [2.05, 4.69) is 25.2 Å². The van der Waals surface area contributed by atoms with Crippen molar-refractivity contribution in [1.29, 1.82) is 5.26 Å². The van der Waals surface area contributed by atoms with Gasteiger partial charge in [-0.15, -0.1) is 0 Å². The Morgan fingerprint density at radius 3 is 2.84 bits per heavy atom. The molecule has 1 aromatic carbocycles. The number of rotatable bonds is 8. The van der Waals surface area contributed by atoms with Crippen molar-refractivity contribution in [2.45, 2.75) is 26.7 Å². The first-order valence-electron chi connectivity index (χ1n) is 6.70. The molecule has 0 amide bonds. The SMILES string of the molecule is CC(C)CCOCCNc1ccc(N)c(CC#N)c1. The molecule has 3 N–H and O–H groups in total. The van der Waals surface area contributed by atoms with Gasteiger partial charge >= 0.3 is 0 Å². The van der Waals surface area contributed by atoms with Gasteiger partial charge < -0.3 is 15.8 Å².